The highest BCUT2D eigenvalue weighted by molar-refractivity contribution is 7.92. The number of nitrogens with one attached hydrogen (secondary N) is 1. The summed E-state index contributed by atoms with van der Waals surface area (Å²) < 4.78 is 26.5. The summed E-state index contributed by atoms with van der Waals surface area (Å²) in [5.41, 5.74) is 1.12. The van der Waals surface area contributed by atoms with Crippen molar-refractivity contribution in [2.24, 2.45) is 0 Å². The third-order valence-electron chi connectivity index (χ3n) is 4.26. The highest BCUT2D eigenvalue weighted by Crippen LogP contribution is 2.22. The average Bonchev–Trinajstić information content (AvgIpc) is 2.74. The third-order valence-corrected chi connectivity index (χ3v) is 6.06. The number of anilines is 2. The molecule has 0 unspecified atom stereocenters. The smallest absolute Gasteiger partial charge is 0.335 e. The van der Waals surface area contributed by atoms with E-state index in [1.165, 1.54) is 61.6 Å². The lowest BCUT2D eigenvalue weighted by molar-refractivity contribution is 0.0696. The molecule has 0 aliphatic carbocycles. The zero-order valence-electron chi connectivity index (χ0n) is 15.4. The topological polar surface area (TPSA) is 104 Å². The number of carboxylic acid groups (broad SMARTS) is 1. The molecule has 2 N–H and O–H groups in total. The fourth-order valence-electron chi connectivity index (χ4n) is 2.65. The molecule has 0 heterocycles. The van der Waals surface area contributed by atoms with Crippen molar-refractivity contribution in [1.82, 2.24) is 0 Å². The molecule has 0 fully saturated rings. The van der Waals surface area contributed by atoms with Gasteiger partial charge in [0.05, 0.1) is 16.1 Å². The van der Waals surface area contributed by atoms with Crippen LogP contribution in [0.1, 0.15) is 20.7 Å². The molecule has 7 nitrogen and oxygen atoms in total. The van der Waals surface area contributed by atoms with Crippen LogP contribution in [0.4, 0.5) is 11.4 Å². The zero-order chi connectivity index (χ0) is 21.0. The Morgan fingerprint density at radius 1 is 0.862 bits per heavy atom. The van der Waals surface area contributed by atoms with Gasteiger partial charge in [0, 0.05) is 18.3 Å². The number of benzene rings is 3. The van der Waals surface area contributed by atoms with Crippen molar-refractivity contribution in [2.75, 3.05) is 16.7 Å². The van der Waals surface area contributed by atoms with Gasteiger partial charge in [-0.15, -0.1) is 0 Å². The van der Waals surface area contributed by atoms with Crippen molar-refractivity contribution in [3.8, 4) is 0 Å². The highest BCUT2D eigenvalue weighted by atomic mass is 32.2. The number of nitrogens with zero attached hydrogens (tertiary/aromatic N) is 1. The standard InChI is InChI=1S/C21H18N2O5S/c1-23(29(27,28)19-8-3-2-4-9-19)18-12-10-15(11-13-18)20(24)22-17-7-5-6-16(14-17)21(25)26/h2-14H,1H3,(H,22,24)(H,25,26). The van der Waals surface area contributed by atoms with E-state index in [0.29, 0.717) is 16.9 Å². The Hall–Kier alpha value is -3.65. The molecule has 0 spiro atoms. The highest BCUT2D eigenvalue weighted by Gasteiger charge is 2.21. The van der Waals surface area contributed by atoms with Gasteiger partial charge in [0.15, 0.2) is 0 Å². The lowest BCUT2D eigenvalue weighted by atomic mass is 10.1. The Balaban J connectivity index is 1.77. The molecule has 0 aliphatic heterocycles. The number of amides is 1. The molecule has 148 valence electrons. The molecule has 0 radical (unpaired) electrons. The first-order chi connectivity index (χ1) is 13.8. The largest absolute Gasteiger partial charge is 0.478 e. The first kappa shape index (κ1) is 20.1. The second-order valence-electron chi connectivity index (χ2n) is 6.17. The molecule has 3 rings (SSSR count). The van der Waals surface area contributed by atoms with E-state index in [-0.39, 0.29) is 10.5 Å². The van der Waals surface area contributed by atoms with Gasteiger partial charge < -0.3 is 10.4 Å². The number of hydrogen-bond donors (Lipinski definition) is 2. The van der Waals surface area contributed by atoms with Crippen molar-refractivity contribution in [2.45, 2.75) is 4.90 Å². The molecule has 0 aliphatic rings. The van der Waals surface area contributed by atoms with E-state index in [1.54, 1.807) is 24.3 Å². The van der Waals surface area contributed by atoms with Gasteiger partial charge in [0.2, 0.25) is 0 Å². The number of sulfonamides is 1. The number of carboxylic acids is 1. The maximum absolute atomic E-state index is 12.7. The van der Waals surface area contributed by atoms with Crippen LogP contribution in [0.3, 0.4) is 0 Å². The van der Waals surface area contributed by atoms with Crippen LogP contribution < -0.4 is 9.62 Å². The summed E-state index contributed by atoms with van der Waals surface area (Å²) in [5.74, 6) is -1.53. The first-order valence-corrected chi connectivity index (χ1v) is 10.0. The number of hydrogen-bond acceptors (Lipinski definition) is 4. The molecular weight excluding hydrogens is 392 g/mol. The molecule has 1 amide bonds. The predicted molar refractivity (Wildman–Crippen MR) is 110 cm³/mol. The van der Waals surface area contributed by atoms with Gasteiger partial charge in [-0.25, -0.2) is 13.2 Å². The zero-order valence-corrected chi connectivity index (χ0v) is 16.3. The second kappa shape index (κ2) is 8.15. The Morgan fingerprint density at radius 3 is 2.14 bits per heavy atom. The summed E-state index contributed by atoms with van der Waals surface area (Å²) in [5, 5.41) is 11.6. The summed E-state index contributed by atoms with van der Waals surface area (Å²) in [4.78, 5) is 23.6. The van der Waals surface area contributed by atoms with E-state index >= 15 is 0 Å². The summed E-state index contributed by atoms with van der Waals surface area (Å²) in [6, 6.07) is 20.0. The molecule has 0 saturated carbocycles. The van der Waals surface area contributed by atoms with E-state index in [4.69, 9.17) is 5.11 Å². The van der Waals surface area contributed by atoms with E-state index in [2.05, 4.69) is 5.32 Å². The molecule has 3 aromatic rings. The molecule has 0 atom stereocenters. The van der Waals surface area contributed by atoms with Crippen LogP contribution in [0.2, 0.25) is 0 Å². The van der Waals surface area contributed by atoms with Crippen LogP contribution in [0.5, 0.6) is 0 Å². The van der Waals surface area contributed by atoms with Gasteiger partial charge in [-0.3, -0.25) is 9.10 Å². The molecule has 0 saturated heterocycles. The van der Waals surface area contributed by atoms with E-state index in [9.17, 15) is 18.0 Å². The fourth-order valence-corrected chi connectivity index (χ4v) is 3.86. The van der Waals surface area contributed by atoms with E-state index < -0.39 is 21.9 Å². The van der Waals surface area contributed by atoms with Crippen LogP contribution in [0.25, 0.3) is 0 Å². The predicted octanol–water partition coefficient (Wildman–Crippen LogP) is 3.46. The number of aromatic carboxylic acids is 1. The minimum atomic E-state index is -3.71. The van der Waals surface area contributed by atoms with Gasteiger partial charge in [0.25, 0.3) is 15.9 Å². The van der Waals surface area contributed by atoms with Gasteiger partial charge in [-0.05, 0) is 54.6 Å². The minimum Gasteiger partial charge on any atom is -0.478 e. The molecule has 3 aromatic carbocycles. The third kappa shape index (κ3) is 4.44. The minimum absolute atomic E-state index is 0.0610. The SMILES string of the molecule is CN(c1ccc(C(=O)Nc2cccc(C(=O)O)c2)cc1)S(=O)(=O)c1ccccc1. The van der Waals surface area contributed by atoms with E-state index in [1.807, 2.05) is 0 Å². The van der Waals surface area contributed by atoms with Crippen molar-refractivity contribution in [1.29, 1.82) is 0 Å². The molecule has 0 aromatic heterocycles. The van der Waals surface area contributed by atoms with Crippen molar-refractivity contribution < 1.29 is 23.1 Å². The molecular formula is C21H18N2O5S. The first-order valence-electron chi connectivity index (χ1n) is 8.58. The number of rotatable bonds is 6. The lowest BCUT2D eigenvalue weighted by Crippen LogP contribution is -2.26. The van der Waals surface area contributed by atoms with E-state index in [0.717, 1.165) is 4.31 Å². The normalized spacial score (nSPS) is 10.9. The summed E-state index contributed by atoms with van der Waals surface area (Å²) in [6.07, 6.45) is 0. The van der Waals surface area contributed by atoms with Gasteiger partial charge in [0.1, 0.15) is 0 Å². The monoisotopic (exact) mass is 410 g/mol. The Labute approximate surface area is 168 Å². The summed E-state index contributed by atoms with van der Waals surface area (Å²) in [7, 11) is -2.27. The Bertz CT molecular complexity index is 1140. The quantitative estimate of drug-likeness (QED) is 0.648. The molecule has 0 bridgehead atoms. The van der Waals surface area contributed by atoms with Crippen LogP contribution >= 0.6 is 0 Å². The molecule has 29 heavy (non-hydrogen) atoms. The fraction of sp³-hybridized carbons (Fsp3) is 0.0476. The van der Waals surface area contributed by atoms with Crippen LogP contribution in [0.15, 0.2) is 83.8 Å². The molecule has 8 heteroatoms. The van der Waals surface area contributed by atoms with Crippen LogP contribution in [-0.4, -0.2) is 32.4 Å². The summed E-state index contributed by atoms with van der Waals surface area (Å²) in [6.45, 7) is 0. The maximum atomic E-state index is 12.7. The van der Waals surface area contributed by atoms with Crippen LogP contribution in [0, 0.1) is 0 Å². The van der Waals surface area contributed by atoms with Crippen LogP contribution in [-0.2, 0) is 10.0 Å². The van der Waals surface area contributed by atoms with Gasteiger partial charge in [-0.2, -0.15) is 0 Å². The van der Waals surface area contributed by atoms with Gasteiger partial charge in [-0.1, -0.05) is 24.3 Å². The summed E-state index contributed by atoms with van der Waals surface area (Å²) >= 11 is 0. The Morgan fingerprint density at radius 2 is 1.52 bits per heavy atom. The van der Waals surface area contributed by atoms with Crippen molar-refractivity contribution in [3.63, 3.8) is 0 Å². The maximum Gasteiger partial charge on any atom is 0.335 e. The van der Waals surface area contributed by atoms with Gasteiger partial charge >= 0.3 is 5.97 Å². The average molecular weight is 410 g/mol. The van der Waals surface area contributed by atoms with Crippen molar-refractivity contribution >= 4 is 33.3 Å². The number of carbonyl (C=O) groups is 2. The lowest BCUT2D eigenvalue weighted by Gasteiger charge is -2.19. The second-order valence-corrected chi connectivity index (χ2v) is 8.14. The Kier molecular flexibility index (Phi) is 5.65. The van der Waals surface area contributed by atoms with Crippen molar-refractivity contribution in [3.05, 3.63) is 90.0 Å². The number of carbonyl (C=O) groups excluding carboxylic acids is 1.